The smallest absolute Gasteiger partial charge is 0.249 e. The van der Waals surface area contributed by atoms with Crippen LogP contribution < -0.4 is 22.3 Å². The van der Waals surface area contributed by atoms with E-state index in [1.807, 2.05) is 0 Å². The molecule has 2 aromatic carbocycles. The molecular formula is C19H22N6O2. The van der Waals surface area contributed by atoms with Crippen LogP contribution in [0.25, 0.3) is 0 Å². The van der Waals surface area contributed by atoms with E-state index in [1.165, 1.54) is 0 Å². The van der Waals surface area contributed by atoms with Crippen LogP contribution in [0.1, 0.15) is 31.4 Å². The Bertz CT molecular complexity index is 797. The molecule has 6 N–H and O–H groups in total. The molecule has 2 rings (SSSR count). The van der Waals surface area contributed by atoms with Crippen LogP contribution in [0.4, 0.5) is 11.4 Å². The van der Waals surface area contributed by atoms with Crippen molar-refractivity contribution in [1.29, 1.82) is 0 Å². The first kappa shape index (κ1) is 19.6. The van der Waals surface area contributed by atoms with Gasteiger partial charge in [0.1, 0.15) is 6.42 Å². The number of anilines is 2. The lowest BCUT2D eigenvalue weighted by Crippen LogP contribution is -2.28. The molecule has 27 heavy (non-hydrogen) atoms. The third kappa shape index (κ3) is 6.28. The van der Waals surface area contributed by atoms with Gasteiger partial charge in [-0.2, -0.15) is 10.2 Å². The second kappa shape index (κ2) is 9.14. The van der Waals surface area contributed by atoms with Crippen molar-refractivity contribution in [3.63, 3.8) is 0 Å². The van der Waals surface area contributed by atoms with Crippen molar-refractivity contribution in [3.05, 3.63) is 59.7 Å². The average molecular weight is 366 g/mol. The molecule has 0 aliphatic heterocycles. The fourth-order valence-corrected chi connectivity index (χ4v) is 2.10. The van der Waals surface area contributed by atoms with Gasteiger partial charge in [0.25, 0.3) is 0 Å². The molecule has 0 atom stereocenters. The van der Waals surface area contributed by atoms with Gasteiger partial charge in [0.15, 0.2) is 0 Å². The first-order valence-electron chi connectivity index (χ1n) is 8.23. The van der Waals surface area contributed by atoms with Crippen LogP contribution in [0.3, 0.4) is 0 Å². The zero-order valence-electron chi connectivity index (χ0n) is 15.2. The minimum absolute atomic E-state index is 0.392. The molecule has 0 saturated carbocycles. The van der Waals surface area contributed by atoms with Crippen molar-refractivity contribution in [2.24, 2.45) is 10.2 Å². The number of hydrazone groups is 2. The molecular weight excluding hydrogens is 344 g/mol. The fourth-order valence-electron chi connectivity index (χ4n) is 2.10. The monoisotopic (exact) mass is 366 g/mol. The molecule has 8 nitrogen and oxygen atoms in total. The van der Waals surface area contributed by atoms with Crippen molar-refractivity contribution >= 4 is 34.6 Å². The van der Waals surface area contributed by atoms with Gasteiger partial charge < -0.3 is 11.5 Å². The van der Waals surface area contributed by atoms with Gasteiger partial charge in [-0.15, -0.1) is 0 Å². The van der Waals surface area contributed by atoms with E-state index in [9.17, 15) is 9.59 Å². The van der Waals surface area contributed by atoms with E-state index in [0.29, 0.717) is 22.8 Å². The summed E-state index contributed by atoms with van der Waals surface area (Å²) in [5, 5.41) is 7.95. The Kier molecular flexibility index (Phi) is 6.65. The maximum absolute atomic E-state index is 11.8. The van der Waals surface area contributed by atoms with Gasteiger partial charge in [0, 0.05) is 11.4 Å². The zero-order valence-corrected chi connectivity index (χ0v) is 15.2. The molecule has 0 saturated heterocycles. The Balaban J connectivity index is 1.85. The summed E-state index contributed by atoms with van der Waals surface area (Å²) in [7, 11) is 0. The SMILES string of the molecule is CC(=NNC(=O)CC(=O)NN=C(C)c1ccc(N)cc1)c1ccc(N)cc1. The Morgan fingerprint density at radius 2 is 1.07 bits per heavy atom. The van der Waals surface area contributed by atoms with Crippen LogP contribution in [-0.4, -0.2) is 23.2 Å². The normalized spacial score (nSPS) is 11.8. The summed E-state index contributed by atoms with van der Waals surface area (Å²) in [6.07, 6.45) is -0.392. The van der Waals surface area contributed by atoms with Crippen molar-refractivity contribution in [3.8, 4) is 0 Å². The van der Waals surface area contributed by atoms with E-state index in [0.717, 1.165) is 11.1 Å². The van der Waals surface area contributed by atoms with Gasteiger partial charge in [-0.1, -0.05) is 24.3 Å². The van der Waals surface area contributed by atoms with Crippen LogP contribution in [0.2, 0.25) is 0 Å². The molecule has 0 bridgehead atoms. The summed E-state index contributed by atoms with van der Waals surface area (Å²) < 4.78 is 0. The second-order valence-corrected chi connectivity index (χ2v) is 5.89. The second-order valence-electron chi connectivity index (χ2n) is 5.89. The van der Waals surface area contributed by atoms with E-state index in [4.69, 9.17) is 11.5 Å². The molecule has 0 aliphatic rings. The highest BCUT2D eigenvalue weighted by Gasteiger charge is 2.09. The van der Waals surface area contributed by atoms with Gasteiger partial charge in [0.2, 0.25) is 11.8 Å². The number of nitrogens with two attached hydrogens (primary N) is 2. The first-order chi connectivity index (χ1) is 12.8. The molecule has 0 spiro atoms. The number of benzene rings is 2. The molecule has 0 unspecified atom stereocenters. The Morgan fingerprint density at radius 1 is 0.741 bits per heavy atom. The average Bonchev–Trinajstić information content (AvgIpc) is 2.65. The summed E-state index contributed by atoms with van der Waals surface area (Å²) in [6.45, 7) is 3.48. The number of nitrogens with one attached hydrogen (secondary N) is 2. The number of carbonyl (C=O) groups excluding carboxylic acids is 2. The number of amides is 2. The minimum atomic E-state index is -0.539. The largest absolute Gasteiger partial charge is 0.399 e. The zero-order chi connectivity index (χ0) is 19.8. The third-order valence-corrected chi connectivity index (χ3v) is 3.67. The van der Waals surface area contributed by atoms with Crippen molar-refractivity contribution in [2.45, 2.75) is 20.3 Å². The third-order valence-electron chi connectivity index (χ3n) is 3.67. The molecule has 0 radical (unpaired) electrons. The van der Waals surface area contributed by atoms with E-state index in [2.05, 4.69) is 21.1 Å². The molecule has 0 aliphatic carbocycles. The number of hydrogen-bond acceptors (Lipinski definition) is 6. The van der Waals surface area contributed by atoms with Gasteiger partial charge in [-0.25, -0.2) is 10.9 Å². The van der Waals surface area contributed by atoms with E-state index in [1.54, 1.807) is 62.4 Å². The van der Waals surface area contributed by atoms with Crippen molar-refractivity contribution < 1.29 is 9.59 Å². The maximum atomic E-state index is 11.8. The topological polar surface area (TPSA) is 135 Å². The van der Waals surface area contributed by atoms with Gasteiger partial charge in [0.05, 0.1) is 11.4 Å². The summed E-state index contributed by atoms with van der Waals surface area (Å²) >= 11 is 0. The predicted molar refractivity (Wildman–Crippen MR) is 107 cm³/mol. The summed E-state index contributed by atoms with van der Waals surface area (Å²) in [5.41, 5.74) is 20.1. The van der Waals surface area contributed by atoms with E-state index >= 15 is 0 Å². The minimum Gasteiger partial charge on any atom is -0.399 e. The Morgan fingerprint density at radius 3 is 1.41 bits per heavy atom. The van der Waals surface area contributed by atoms with Crippen LogP contribution in [0.5, 0.6) is 0 Å². The predicted octanol–water partition coefficient (Wildman–Crippen LogP) is 1.62. The van der Waals surface area contributed by atoms with Crippen LogP contribution in [-0.2, 0) is 9.59 Å². The summed E-state index contributed by atoms with van der Waals surface area (Å²) in [6, 6.07) is 14.1. The lowest BCUT2D eigenvalue weighted by Gasteiger charge is -2.04. The van der Waals surface area contributed by atoms with Crippen LogP contribution >= 0.6 is 0 Å². The van der Waals surface area contributed by atoms with E-state index in [-0.39, 0.29) is 0 Å². The molecule has 0 aromatic heterocycles. The van der Waals surface area contributed by atoms with Crippen LogP contribution in [0.15, 0.2) is 58.7 Å². The number of nitrogens with zero attached hydrogens (tertiary/aromatic N) is 2. The highest BCUT2D eigenvalue weighted by Crippen LogP contribution is 2.07. The lowest BCUT2D eigenvalue weighted by atomic mass is 10.1. The standard InChI is InChI=1S/C19H22N6O2/c1-12(14-3-7-16(20)8-4-14)22-24-18(26)11-19(27)25-23-13(2)15-5-9-17(21)10-6-15/h3-10H,11,20-21H2,1-2H3,(H,24,26)(H,25,27). The van der Waals surface area contributed by atoms with Crippen LogP contribution in [0, 0.1) is 0 Å². The first-order valence-corrected chi connectivity index (χ1v) is 8.23. The molecule has 2 amide bonds. The van der Waals surface area contributed by atoms with Crippen molar-refractivity contribution in [2.75, 3.05) is 11.5 Å². The molecule has 2 aromatic rings. The molecule has 8 heteroatoms. The number of carbonyl (C=O) groups is 2. The number of hydrogen-bond donors (Lipinski definition) is 4. The quantitative estimate of drug-likeness (QED) is 0.267. The number of nitrogen functional groups attached to an aromatic ring is 2. The highest BCUT2D eigenvalue weighted by molar-refractivity contribution is 6.02. The van der Waals surface area contributed by atoms with Gasteiger partial charge >= 0.3 is 0 Å². The molecule has 140 valence electrons. The fraction of sp³-hybridized carbons (Fsp3) is 0.158. The highest BCUT2D eigenvalue weighted by atomic mass is 16.2. The maximum Gasteiger partial charge on any atom is 0.249 e. The van der Waals surface area contributed by atoms with Gasteiger partial charge in [-0.3, -0.25) is 9.59 Å². The summed E-state index contributed by atoms with van der Waals surface area (Å²) in [4.78, 5) is 23.7. The molecule has 0 heterocycles. The lowest BCUT2D eigenvalue weighted by molar-refractivity contribution is -0.129. The van der Waals surface area contributed by atoms with Gasteiger partial charge in [-0.05, 0) is 49.2 Å². The molecule has 0 fully saturated rings. The van der Waals surface area contributed by atoms with E-state index < -0.39 is 18.2 Å². The number of rotatable bonds is 6. The Hall–Kier alpha value is -3.68. The summed E-state index contributed by atoms with van der Waals surface area (Å²) in [5.74, 6) is -1.08. The van der Waals surface area contributed by atoms with Crippen molar-refractivity contribution in [1.82, 2.24) is 10.9 Å². The Labute approximate surface area is 157 Å².